The van der Waals surface area contributed by atoms with Crippen molar-refractivity contribution in [3.8, 4) is 56.4 Å². The van der Waals surface area contributed by atoms with Crippen molar-refractivity contribution >= 4 is 32.3 Å². The lowest BCUT2D eigenvalue weighted by atomic mass is 9.79. The Morgan fingerprint density at radius 2 is 0.902 bits per heavy atom. The Hall–Kier alpha value is -6.45. The summed E-state index contributed by atoms with van der Waals surface area (Å²) in [5, 5.41) is 7.59. The fraction of sp³-hybridized carbons (Fsp3) is 0.0625. The predicted octanol–water partition coefficient (Wildman–Crippen LogP) is 12.3. The molecule has 240 valence electrons. The fourth-order valence-corrected chi connectivity index (χ4v) is 8.26. The third-order valence-electron chi connectivity index (χ3n) is 10.7. The van der Waals surface area contributed by atoms with Gasteiger partial charge in [0.1, 0.15) is 0 Å². The molecule has 1 aromatic heterocycles. The molecule has 0 N–H and O–H groups in total. The van der Waals surface area contributed by atoms with E-state index < -0.39 is 0 Å². The molecule has 0 spiro atoms. The van der Waals surface area contributed by atoms with Crippen molar-refractivity contribution in [2.75, 3.05) is 0 Å². The molecule has 1 aliphatic rings. The summed E-state index contributed by atoms with van der Waals surface area (Å²) in [6, 6.07) is 58.2. The molecular weight excluding hydrogens is 619 g/mol. The molecule has 51 heavy (non-hydrogen) atoms. The highest BCUT2D eigenvalue weighted by molar-refractivity contribution is 6.26. The van der Waals surface area contributed by atoms with E-state index in [0.29, 0.717) is 17.5 Å². The van der Waals surface area contributed by atoms with Gasteiger partial charge >= 0.3 is 0 Å². The second-order valence-corrected chi connectivity index (χ2v) is 14.0. The molecule has 0 saturated carbocycles. The average Bonchev–Trinajstić information content (AvgIpc) is 3.44. The molecule has 0 unspecified atom stereocenters. The van der Waals surface area contributed by atoms with Crippen molar-refractivity contribution in [1.82, 2.24) is 15.0 Å². The third kappa shape index (κ3) is 4.62. The number of rotatable bonds is 4. The summed E-state index contributed by atoms with van der Waals surface area (Å²) < 4.78 is 0. The van der Waals surface area contributed by atoms with E-state index in [1.54, 1.807) is 0 Å². The van der Waals surface area contributed by atoms with Crippen LogP contribution in [0.5, 0.6) is 0 Å². The maximum absolute atomic E-state index is 5.09. The normalized spacial score (nSPS) is 13.1. The molecule has 0 bridgehead atoms. The van der Waals surface area contributed by atoms with Crippen LogP contribution in [0.4, 0.5) is 0 Å². The maximum Gasteiger partial charge on any atom is 0.164 e. The summed E-state index contributed by atoms with van der Waals surface area (Å²) in [7, 11) is 0. The molecule has 0 radical (unpaired) electrons. The van der Waals surface area contributed by atoms with Crippen molar-refractivity contribution in [3.63, 3.8) is 0 Å². The minimum atomic E-state index is -0.0900. The fourth-order valence-electron chi connectivity index (χ4n) is 8.26. The van der Waals surface area contributed by atoms with Gasteiger partial charge in [-0.15, -0.1) is 0 Å². The number of fused-ring (bicyclic) bond motifs is 10. The van der Waals surface area contributed by atoms with E-state index in [1.807, 2.05) is 24.3 Å². The van der Waals surface area contributed by atoms with Gasteiger partial charge in [0, 0.05) is 22.1 Å². The smallest absolute Gasteiger partial charge is 0.164 e. The van der Waals surface area contributed by atoms with Gasteiger partial charge in [-0.1, -0.05) is 172 Å². The quantitative estimate of drug-likeness (QED) is 0.178. The Balaban J connectivity index is 1.16. The first-order valence-electron chi connectivity index (χ1n) is 17.5. The summed E-state index contributed by atoms with van der Waals surface area (Å²) in [5.41, 5.74) is 10.6. The van der Waals surface area contributed by atoms with Gasteiger partial charge in [-0.2, -0.15) is 0 Å². The van der Waals surface area contributed by atoms with E-state index in [1.165, 1.54) is 54.7 Å². The zero-order chi connectivity index (χ0) is 34.1. The van der Waals surface area contributed by atoms with E-state index >= 15 is 0 Å². The van der Waals surface area contributed by atoms with Crippen LogP contribution in [0, 0.1) is 0 Å². The van der Waals surface area contributed by atoms with Crippen molar-refractivity contribution < 1.29 is 0 Å². The molecule has 9 aromatic rings. The van der Waals surface area contributed by atoms with E-state index in [0.717, 1.165) is 27.6 Å². The van der Waals surface area contributed by atoms with Crippen molar-refractivity contribution in [2.24, 2.45) is 0 Å². The van der Waals surface area contributed by atoms with Crippen LogP contribution in [0.2, 0.25) is 0 Å². The Morgan fingerprint density at radius 3 is 1.63 bits per heavy atom. The first kappa shape index (κ1) is 29.5. The van der Waals surface area contributed by atoms with Crippen LogP contribution in [0.25, 0.3) is 88.7 Å². The summed E-state index contributed by atoms with van der Waals surface area (Å²) in [5.74, 6) is 1.96. The molecule has 8 aromatic carbocycles. The number of benzene rings is 8. The monoisotopic (exact) mass is 651 g/mol. The molecule has 0 amide bonds. The molecule has 1 aliphatic carbocycles. The molecule has 0 saturated heterocycles. The molecule has 1 heterocycles. The van der Waals surface area contributed by atoms with Gasteiger partial charge < -0.3 is 0 Å². The molecule has 3 nitrogen and oxygen atoms in total. The number of hydrogen-bond acceptors (Lipinski definition) is 3. The number of hydrogen-bond donors (Lipinski definition) is 0. The minimum Gasteiger partial charge on any atom is -0.208 e. The molecule has 10 rings (SSSR count). The zero-order valence-electron chi connectivity index (χ0n) is 28.4. The van der Waals surface area contributed by atoms with Crippen LogP contribution in [0.1, 0.15) is 25.0 Å². The van der Waals surface area contributed by atoms with Gasteiger partial charge in [0.2, 0.25) is 0 Å². The lowest BCUT2D eigenvalue weighted by Crippen LogP contribution is -2.15. The summed E-state index contributed by atoms with van der Waals surface area (Å²) in [4.78, 5) is 15.1. The van der Waals surface area contributed by atoms with Gasteiger partial charge in [-0.05, 0) is 71.8 Å². The highest BCUT2D eigenvalue weighted by atomic mass is 15.0. The average molecular weight is 652 g/mol. The molecular formula is C48H33N3. The summed E-state index contributed by atoms with van der Waals surface area (Å²) >= 11 is 0. The van der Waals surface area contributed by atoms with Crippen molar-refractivity contribution in [1.29, 1.82) is 0 Å². The van der Waals surface area contributed by atoms with Crippen LogP contribution < -0.4 is 0 Å². The SMILES string of the molecule is CC1(C)c2ccccc2-c2c1c1ccccc1c1c2ccc2cc(-c3nc(-c4ccccc4)nc(-c4ccc(-c5ccccc5)cc4)n3)ccc21. The van der Waals surface area contributed by atoms with Crippen LogP contribution in [0.3, 0.4) is 0 Å². The standard InChI is InChI=1S/C48H33N3/c1-48(2)41-20-12-11-19-39(41)43-40-28-25-34-29-35(26-27-36(34)42(40)37-17-9-10-18-38(37)44(43)48)47-50-45(32-15-7-4-8-16-32)49-46(51-47)33-23-21-31(22-24-33)30-13-5-3-6-14-30/h3-29H,1-2H3. The Morgan fingerprint density at radius 1 is 0.392 bits per heavy atom. The van der Waals surface area contributed by atoms with E-state index in [-0.39, 0.29) is 5.41 Å². The van der Waals surface area contributed by atoms with E-state index in [2.05, 4.69) is 153 Å². The van der Waals surface area contributed by atoms with E-state index in [9.17, 15) is 0 Å². The lowest BCUT2D eigenvalue weighted by Gasteiger charge is -2.24. The Kier molecular flexibility index (Phi) is 6.53. The van der Waals surface area contributed by atoms with Crippen LogP contribution in [-0.2, 0) is 5.41 Å². The maximum atomic E-state index is 5.09. The third-order valence-corrected chi connectivity index (χ3v) is 10.7. The highest BCUT2D eigenvalue weighted by Gasteiger charge is 2.38. The molecule has 3 heteroatoms. The van der Waals surface area contributed by atoms with E-state index in [4.69, 9.17) is 15.0 Å². The van der Waals surface area contributed by atoms with Gasteiger partial charge in [0.15, 0.2) is 17.5 Å². The first-order chi connectivity index (χ1) is 25.0. The topological polar surface area (TPSA) is 38.7 Å². The van der Waals surface area contributed by atoms with Crippen molar-refractivity contribution in [2.45, 2.75) is 19.3 Å². The predicted molar refractivity (Wildman–Crippen MR) is 212 cm³/mol. The van der Waals surface area contributed by atoms with Crippen molar-refractivity contribution in [3.05, 3.63) is 175 Å². The minimum absolute atomic E-state index is 0.0900. The van der Waals surface area contributed by atoms with Gasteiger partial charge in [-0.3, -0.25) is 0 Å². The van der Waals surface area contributed by atoms with Crippen LogP contribution in [0.15, 0.2) is 164 Å². The number of aromatic nitrogens is 3. The molecule has 0 fully saturated rings. The summed E-state index contributed by atoms with van der Waals surface area (Å²) in [6.45, 7) is 4.74. The lowest BCUT2D eigenvalue weighted by molar-refractivity contribution is 0.666. The Labute approximate surface area is 297 Å². The second-order valence-electron chi connectivity index (χ2n) is 14.0. The van der Waals surface area contributed by atoms with Crippen LogP contribution in [-0.4, -0.2) is 15.0 Å². The van der Waals surface area contributed by atoms with Gasteiger partial charge in [0.05, 0.1) is 0 Å². The first-order valence-corrected chi connectivity index (χ1v) is 17.5. The van der Waals surface area contributed by atoms with Crippen LogP contribution >= 0.6 is 0 Å². The van der Waals surface area contributed by atoms with Gasteiger partial charge in [-0.25, -0.2) is 15.0 Å². The van der Waals surface area contributed by atoms with Gasteiger partial charge in [0.25, 0.3) is 0 Å². The molecule has 0 atom stereocenters. The Bertz CT molecular complexity index is 2800. The largest absolute Gasteiger partial charge is 0.208 e. The summed E-state index contributed by atoms with van der Waals surface area (Å²) in [6.07, 6.45) is 0. The second kappa shape index (κ2) is 11.3. The molecule has 0 aliphatic heterocycles. The number of nitrogens with zero attached hydrogens (tertiary/aromatic N) is 3. The zero-order valence-corrected chi connectivity index (χ0v) is 28.4. The highest BCUT2D eigenvalue weighted by Crippen LogP contribution is 2.55.